The van der Waals surface area contributed by atoms with E-state index in [0.29, 0.717) is 23.0 Å². The molecular formula is C26H30N2O7S. The Balaban J connectivity index is 1.92. The summed E-state index contributed by atoms with van der Waals surface area (Å²) in [4.78, 5) is 13.1. The van der Waals surface area contributed by atoms with E-state index in [-0.39, 0.29) is 10.6 Å². The summed E-state index contributed by atoms with van der Waals surface area (Å²) >= 11 is 0. The minimum absolute atomic E-state index is 0.00921. The van der Waals surface area contributed by atoms with Gasteiger partial charge in [0.25, 0.3) is 10.0 Å². The molecule has 1 atom stereocenters. The van der Waals surface area contributed by atoms with E-state index in [4.69, 9.17) is 18.9 Å². The van der Waals surface area contributed by atoms with Gasteiger partial charge in [0.05, 0.1) is 45.1 Å². The first-order chi connectivity index (χ1) is 17.2. The van der Waals surface area contributed by atoms with Gasteiger partial charge in [0.2, 0.25) is 5.91 Å². The second kappa shape index (κ2) is 11.7. The summed E-state index contributed by atoms with van der Waals surface area (Å²) in [7, 11) is 1.88. The molecule has 192 valence electrons. The van der Waals surface area contributed by atoms with Crippen molar-refractivity contribution in [3.63, 3.8) is 0 Å². The Labute approximate surface area is 211 Å². The van der Waals surface area contributed by atoms with Crippen LogP contribution in [0.3, 0.4) is 0 Å². The van der Waals surface area contributed by atoms with Crippen molar-refractivity contribution in [3.8, 4) is 23.0 Å². The monoisotopic (exact) mass is 514 g/mol. The maximum atomic E-state index is 13.7. The molecule has 0 aliphatic rings. The number of sulfonamides is 1. The lowest BCUT2D eigenvalue weighted by atomic mass is 10.1. The van der Waals surface area contributed by atoms with Gasteiger partial charge in [0.15, 0.2) is 11.5 Å². The van der Waals surface area contributed by atoms with Crippen molar-refractivity contribution >= 4 is 21.6 Å². The van der Waals surface area contributed by atoms with E-state index in [1.54, 1.807) is 68.6 Å². The van der Waals surface area contributed by atoms with Gasteiger partial charge in [0, 0.05) is 0 Å². The first-order valence-corrected chi connectivity index (χ1v) is 12.5. The third-order valence-corrected chi connectivity index (χ3v) is 7.35. The minimum atomic E-state index is -4.13. The molecule has 0 heterocycles. The van der Waals surface area contributed by atoms with Crippen LogP contribution in [0, 0.1) is 0 Å². The molecule has 10 heteroatoms. The number of para-hydroxylation sites is 2. The third-order valence-electron chi connectivity index (χ3n) is 5.57. The Morgan fingerprint density at radius 3 is 2.08 bits per heavy atom. The first-order valence-electron chi connectivity index (χ1n) is 11.1. The fourth-order valence-corrected chi connectivity index (χ4v) is 5.06. The molecular weight excluding hydrogens is 484 g/mol. The predicted octanol–water partition coefficient (Wildman–Crippen LogP) is 3.79. The molecule has 0 aliphatic heterocycles. The van der Waals surface area contributed by atoms with Crippen LogP contribution < -0.4 is 28.6 Å². The fourth-order valence-electron chi connectivity index (χ4n) is 3.63. The van der Waals surface area contributed by atoms with Crippen LogP contribution in [0.1, 0.15) is 18.5 Å². The highest BCUT2D eigenvalue weighted by molar-refractivity contribution is 7.92. The SMILES string of the molecule is COc1ccc(S(=O)(=O)N(CC(=O)N[C@@H](C)c2ccc(OC)c(OC)c2)c2ccccc2OC)cc1. The normalized spacial score (nSPS) is 11.8. The smallest absolute Gasteiger partial charge is 0.264 e. The molecule has 3 aromatic carbocycles. The van der Waals surface area contributed by atoms with Crippen molar-refractivity contribution in [2.45, 2.75) is 17.9 Å². The molecule has 9 nitrogen and oxygen atoms in total. The van der Waals surface area contributed by atoms with E-state index in [1.165, 1.54) is 33.5 Å². The van der Waals surface area contributed by atoms with Crippen molar-refractivity contribution < 1.29 is 32.2 Å². The molecule has 1 N–H and O–H groups in total. The highest BCUT2D eigenvalue weighted by Gasteiger charge is 2.30. The van der Waals surface area contributed by atoms with Crippen LogP contribution in [-0.2, 0) is 14.8 Å². The molecule has 0 spiro atoms. The first kappa shape index (κ1) is 26.7. The van der Waals surface area contributed by atoms with Crippen molar-refractivity contribution in [1.82, 2.24) is 5.32 Å². The molecule has 3 rings (SSSR count). The number of ether oxygens (including phenoxy) is 4. The number of carbonyl (C=O) groups excluding carboxylic acids is 1. The minimum Gasteiger partial charge on any atom is -0.497 e. The number of carbonyl (C=O) groups is 1. The highest BCUT2D eigenvalue weighted by atomic mass is 32.2. The van der Waals surface area contributed by atoms with Crippen LogP contribution in [0.4, 0.5) is 5.69 Å². The lowest BCUT2D eigenvalue weighted by Crippen LogP contribution is -2.41. The van der Waals surface area contributed by atoms with Crippen molar-refractivity contribution in [1.29, 1.82) is 0 Å². The Morgan fingerprint density at radius 1 is 0.833 bits per heavy atom. The Morgan fingerprint density at radius 2 is 1.47 bits per heavy atom. The highest BCUT2D eigenvalue weighted by Crippen LogP contribution is 2.33. The summed E-state index contributed by atoms with van der Waals surface area (Å²) in [5, 5.41) is 2.86. The lowest BCUT2D eigenvalue weighted by Gasteiger charge is -2.26. The molecule has 0 saturated heterocycles. The number of hydrogen-bond donors (Lipinski definition) is 1. The number of methoxy groups -OCH3 is 4. The van der Waals surface area contributed by atoms with Gasteiger partial charge >= 0.3 is 0 Å². The Hall–Kier alpha value is -3.92. The molecule has 0 saturated carbocycles. The molecule has 0 fully saturated rings. The largest absolute Gasteiger partial charge is 0.497 e. The Bertz CT molecular complexity index is 1290. The lowest BCUT2D eigenvalue weighted by molar-refractivity contribution is -0.120. The average molecular weight is 515 g/mol. The number of anilines is 1. The summed E-state index contributed by atoms with van der Waals surface area (Å²) in [6.07, 6.45) is 0. The van der Waals surface area contributed by atoms with E-state index in [2.05, 4.69) is 5.32 Å². The van der Waals surface area contributed by atoms with Crippen LogP contribution in [0.2, 0.25) is 0 Å². The van der Waals surface area contributed by atoms with Gasteiger partial charge in [-0.1, -0.05) is 18.2 Å². The van der Waals surface area contributed by atoms with Crippen LogP contribution in [0.15, 0.2) is 71.6 Å². The van der Waals surface area contributed by atoms with E-state index < -0.39 is 28.5 Å². The van der Waals surface area contributed by atoms with Crippen LogP contribution in [0.25, 0.3) is 0 Å². The van der Waals surface area contributed by atoms with Gasteiger partial charge < -0.3 is 24.3 Å². The number of benzene rings is 3. The third kappa shape index (κ3) is 5.83. The second-order valence-electron chi connectivity index (χ2n) is 7.76. The molecule has 0 bridgehead atoms. The van der Waals surface area contributed by atoms with E-state index in [1.807, 2.05) is 0 Å². The predicted molar refractivity (Wildman–Crippen MR) is 137 cm³/mol. The molecule has 0 radical (unpaired) electrons. The number of nitrogens with one attached hydrogen (secondary N) is 1. The molecule has 36 heavy (non-hydrogen) atoms. The number of amides is 1. The van der Waals surface area contributed by atoms with E-state index in [9.17, 15) is 13.2 Å². The Kier molecular flexibility index (Phi) is 8.65. The van der Waals surface area contributed by atoms with Gasteiger partial charge in [-0.05, 0) is 61.0 Å². The van der Waals surface area contributed by atoms with Crippen molar-refractivity contribution in [2.75, 3.05) is 39.3 Å². The van der Waals surface area contributed by atoms with Gasteiger partial charge in [-0.25, -0.2) is 8.42 Å². The molecule has 0 aliphatic carbocycles. The number of hydrogen-bond acceptors (Lipinski definition) is 7. The maximum Gasteiger partial charge on any atom is 0.264 e. The van der Waals surface area contributed by atoms with Gasteiger partial charge in [-0.15, -0.1) is 0 Å². The summed E-state index contributed by atoms with van der Waals surface area (Å²) in [5.41, 5.74) is 1.01. The quantitative estimate of drug-likeness (QED) is 0.415. The van der Waals surface area contributed by atoms with Gasteiger partial charge in [0.1, 0.15) is 18.0 Å². The van der Waals surface area contributed by atoms with E-state index in [0.717, 1.165) is 9.87 Å². The molecule has 0 unspecified atom stereocenters. The van der Waals surface area contributed by atoms with Gasteiger partial charge in [-0.2, -0.15) is 0 Å². The number of rotatable bonds is 11. The topological polar surface area (TPSA) is 103 Å². The molecule has 0 aromatic heterocycles. The molecule has 1 amide bonds. The average Bonchev–Trinajstić information content (AvgIpc) is 2.91. The summed E-state index contributed by atoms with van der Waals surface area (Å²) in [5.74, 6) is 1.41. The van der Waals surface area contributed by atoms with Crippen molar-refractivity contribution in [2.24, 2.45) is 0 Å². The zero-order chi connectivity index (χ0) is 26.3. The van der Waals surface area contributed by atoms with E-state index >= 15 is 0 Å². The summed E-state index contributed by atoms with van der Waals surface area (Å²) in [6, 6.07) is 17.5. The van der Waals surface area contributed by atoms with Crippen LogP contribution in [0.5, 0.6) is 23.0 Å². The standard InChI is InChI=1S/C26H30N2O7S/c1-18(19-10-15-24(34-4)25(16-19)35-5)27-26(29)17-28(22-8-6-7-9-23(22)33-3)36(30,31)21-13-11-20(32-2)12-14-21/h6-16,18H,17H2,1-5H3,(H,27,29)/t18-/m0/s1. The summed E-state index contributed by atoms with van der Waals surface area (Å²) < 4.78 is 49.5. The van der Waals surface area contributed by atoms with Crippen LogP contribution >= 0.6 is 0 Å². The molecule has 3 aromatic rings. The number of nitrogens with zero attached hydrogens (tertiary/aromatic N) is 1. The van der Waals surface area contributed by atoms with Gasteiger partial charge in [-0.3, -0.25) is 9.10 Å². The van der Waals surface area contributed by atoms with Crippen LogP contribution in [-0.4, -0.2) is 49.3 Å². The zero-order valence-corrected chi connectivity index (χ0v) is 21.7. The van der Waals surface area contributed by atoms with Crippen molar-refractivity contribution in [3.05, 3.63) is 72.3 Å². The fraction of sp³-hybridized carbons (Fsp3) is 0.269. The zero-order valence-electron chi connectivity index (χ0n) is 20.8. The maximum absolute atomic E-state index is 13.7. The second-order valence-corrected chi connectivity index (χ2v) is 9.62. The summed E-state index contributed by atoms with van der Waals surface area (Å²) in [6.45, 7) is 1.33.